The highest BCUT2D eigenvalue weighted by molar-refractivity contribution is 7.11. The van der Waals surface area contributed by atoms with E-state index in [0.29, 0.717) is 6.54 Å². The quantitative estimate of drug-likeness (QED) is 0.862. The van der Waals surface area contributed by atoms with Gasteiger partial charge < -0.3 is 15.2 Å². The standard InChI is InChI=1S/C15H22N4OS/c1-11(6-7-13-5-4-8-19(13)3)18-15(20)17-10-14-9-16-12(2)21-14/h4-5,8-9,11H,6-7,10H2,1-3H3,(H2,17,18,20)/t11-/m0/s1. The number of carbonyl (C=O) groups excluding carboxylic acids is 1. The van der Waals surface area contributed by atoms with E-state index in [0.717, 1.165) is 22.7 Å². The van der Waals surface area contributed by atoms with Gasteiger partial charge in [0.25, 0.3) is 0 Å². The van der Waals surface area contributed by atoms with Crippen LogP contribution in [0.2, 0.25) is 0 Å². The molecule has 0 fully saturated rings. The third-order valence-corrected chi connectivity index (χ3v) is 4.27. The molecule has 2 N–H and O–H groups in total. The van der Waals surface area contributed by atoms with Crippen molar-refractivity contribution in [3.63, 3.8) is 0 Å². The van der Waals surface area contributed by atoms with E-state index in [4.69, 9.17) is 0 Å². The van der Waals surface area contributed by atoms with Gasteiger partial charge in [0.15, 0.2) is 0 Å². The number of rotatable bonds is 6. The molecule has 0 radical (unpaired) electrons. The van der Waals surface area contributed by atoms with E-state index < -0.39 is 0 Å². The SMILES string of the molecule is Cc1ncc(CNC(=O)N[C@@H](C)CCc2cccn2C)s1. The first-order chi connectivity index (χ1) is 10.0. The molecule has 2 aromatic rings. The highest BCUT2D eigenvalue weighted by atomic mass is 32.1. The van der Waals surface area contributed by atoms with Crippen LogP contribution in [0.3, 0.4) is 0 Å². The maximum Gasteiger partial charge on any atom is 0.315 e. The monoisotopic (exact) mass is 306 g/mol. The summed E-state index contributed by atoms with van der Waals surface area (Å²) in [6.45, 7) is 4.52. The second-order valence-electron chi connectivity index (χ2n) is 5.22. The Morgan fingerprint density at radius 1 is 1.52 bits per heavy atom. The van der Waals surface area contributed by atoms with E-state index in [1.54, 1.807) is 17.5 Å². The van der Waals surface area contributed by atoms with E-state index in [1.807, 2.05) is 33.2 Å². The molecule has 6 heteroatoms. The maximum absolute atomic E-state index is 11.8. The Labute approximate surface area is 129 Å². The number of urea groups is 1. The number of hydrogen-bond acceptors (Lipinski definition) is 3. The molecule has 0 aliphatic heterocycles. The molecule has 5 nitrogen and oxygen atoms in total. The molecule has 2 rings (SSSR count). The van der Waals surface area contributed by atoms with Gasteiger partial charge in [-0.2, -0.15) is 0 Å². The average molecular weight is 306 g/mol. The molecule has 2 aromatic heterocycles. The van der Waals surface area contributed by atoms with Crippen LogP contribution in [0, 0.1) is 6.92 Å². The van der Waals surface area contributed by atoms with Crippen molar-refractivity contribution >= 4 is 17.4 Å². The van der Waals surface area contributed by atoms with E-state index >= 15 is 0 Å². The van der Waals surface area contributed by atoms with Gasteiger partial charge in [-0.05, 0) is 38.8 Å². The molecule has 2 amide bonds. The molecule has 0 bridgehead atoms. The van der Waals surface area contributed by atoms with Gasteiger partial charge in [0.05, 0.1) is 11.6 Å². The van der Waals surface area contributed by atoms with E-state index in [-0.39, 0.29) is 12.1 Å². The zero-order chi connectivity index (χ0) is 15.2. The summed E-state index contributed by atoms with van der Waals surface area (Å²) in [5.74, 6) is 0. The molecule has 1 atom stereocenters. The van der Waals surface area contributed by atoms with E-state index in [9.17, 15) is 4.79 Å². The Morgan fingerprint density at radius 2 is 2.33 bits per heavy atom. The molecule has 0 saturated carbocycles. The Kier molecular flexibility index (Phi) is 5.38. The average Bonchev–Trinajstić information content (AvgIpc) is 3.03. The summed E-state index contributed by atoms with van der Waals surface area (Å²) in [6, 6.07) is 4.17. The molecule has 114 valence electrons. The number of nitrogens with one attached hydrogen (secondary N) is 2. The summed E-state index contributed by atoms with van der Waals surface area (Å²) >= 11 is 1.60. The van der Waals surface area contributed by atoms with Gasteiger partial charge in [0, 0.05) is 36.1 Å². The Morgan fingerprint density at radius 3 is 2.95 bits per heavy atom. The van der Waals surface area contributed by atoms with Crippen molar-refractivity contribution in [3.8, 4) is 0 Å². The van der Waals surface area contributed by atoms with E-state index in [2.05, 4.69) is 26.3 Å². The fourth-order valence-corrected chi connectivity index (χ4v) is 2.86. The van der Waals surface area contributed by atoms with Gasteiger partial charge in [-0.3, -0.25) is 0 Å². The number of hydrogen-bond donors (Lipinski definition) is 2. The smallest absolute Gasteiger partial charge is 0.315 e. The molecular weight excluding hydrogens is 284 g/mol. The van der Waals surface area contributed by atoms with Crippen LogP contribution in [0.1, 0.15) is 28.9 Å². The van der Waals surface area contributed by atoms with Crippen LogP contribution in [-0.4, -0.2) is 21.6 Å². The lowest BCUT2D eigenvalue weighted by Gasteiger charge is -2.14. The minimum absolute atomic E-state index is 0.125. The first-order valence-corrected chi connectivity index (χ1v) is 7.92. The topological polar surface area (TPSA) is 59.0 Å². The van der Waals surface area contributed by atoms with Crippen LogP contribution < -0.4 is 10.6 Å². The van der Waals surface area contributed by atoms with Crippen molar-refractivity contribution in [1.82, 2.24) is 20.2 Å². The summed E-state index contributed by atoms with van der Waals surface area (Å²) in [4.78, 5) is 17.1. The van der Waals surface area contributed by atoms with Crippen LogP contribution in [0.5, 0.6) is 0 Å². The lowest BCUT2D eigenvalue weighted by molar-refractivity contribution is 0.237. The van der Waals surface area contributed by atoms with Crippen molar-refractivity contribution < 1.29 is 4.79 Å². The zero-order valence-corrected chi connectivity index (χ0v) is 13.5. The van der Waals surface area contributed by atoms with Crippen LogP contribution in [0.15, 0.2) is 24.5 Å². The number of aromatic nitrogens is 2. The zero-order valence-electron chi connectivity index (χ0n) is 12.7. The highest BCUT2D eigenvalue weighted by Gasteiger charge is 2.08. The van der Waals surface area contributed by atoms with Crippen molar-refractivity contribution in [1.29, 1.82) is 0 Å². The van der Waals surface area contributed by atoms with Crippen LogP contribution >= 0.6 is 11.3 Å². The Balaban J connectivity index is 1.68. The summed E-state index contributed by atoms with van der Waals surface area (Å²) in [5, 5.41) is 6.84. The van der Waals surface area contributed by atoms with E-state index in [1.165, 1.54) is 5.69 Å². The number of amides is 2. The van der Waals surface area contributed by atoms with Crippen LogP contribution in [-0.2, 0) is 20.0 Å². The lowest BCUT2D eigenvalue weighted by atomic mass is 10.1. The highest BCUT2D eigenvalue weighted by Crippen LogP contribution is 2.10. The molecular formula is C15H22N4OS. The van der Waals surface area contributed by atoms with Gasteiger partial charge in [0.2, 0.25) is 0 Å². The van der Waals surface area contributed by atoms with Crippen LogP contribution in [0.4, 0.5) is 4.79 Å². The fourth-order valence-electron chi connectivity index (χ4n) is 2.12. The molecule has 0 aromatic carbocycles. The normalized spacial score (nSPS) is 12.1. The van der Waals surface area contributed by atoms with Gasteiger partial charge in [0.1, 0.15) is 0 Å². The van der Waals surface area contributed by atoms with Gasteiger partial charge >= 0.3 is 6.03 Å². The predicted octanol–water partition coefficient (Wildman–Crippen LogP) is 2.61. The second-order valence-corrected chi connectivity index (χ2v) is 6.54. The summed E-state index contributed by atoms with van der Waals surface area (Å²) in [5.41, 5.74) is 1.28. The van der Waals surface area contributed by atoms with Gasteiger partial charge in [-0.1, -0.05) is 0 Å². The summed E-state index contributed by atoms with van der Waals surface area (Å²) < 4.78 is 2.11. The number of thiazole rings is 1. The molecule has 0 unspecified atom stereocenters. The molecule has 0 aliphatic carbocycles. The maximum atomic E-state index is 11.8. The third-order valence-electron chi connectivity index (χ3n) is 3.35. The Hall–Kier alpha value is -1.82. The Bertz CT molecular complexity index is 590. The predicted molar refractivity (Wildman–Crippen MR) is 85.4 cm³/mol. The number of nitrogens with zero attached hydrogens (tertiary/aromatic N) is 2. The number of aryl methyl sites for hydroxylation is 3. The molecule has 0 spiro atoms. The third kappa shape index (κ3) is 4.90. The van der Waals surface area contributed by atoms with Crippen molar-refractivity contribution in [3.05, 3.63) is 40.1 Å². The molecule has 21 heavy (non-hydrogen) atoms. The van der Waals surface area contributed by atoms with Crippen molar-refractivity contribution in [2.75, 3.05) is 0 Å². The first kappa shape index (κ1) is 15.6. The fraction of sp³-hybridized carbons (Fsp3) is 0.467. The van der Waals surface area contributed by atoms with Crippen LogP contribution in [0.25, 0.3) is 0 Å². The minimum Gasteiger partial charge on any atom is -0.354 e. The molecule has 0 aliphatic rings. The van der Waals surface area contributed by atoms with Gasteiger partial charge in [-0.25, -0.2) is 9.78 Å². The lowest BCUT2D eigenvalue weighted by Crippen LogP contribution is -2.40. The van der Waals surface area contributed by atoms with Crippen molar-refractivity contribution in [2.45, 2.75) is 39.3 Å². The molecule has 2 heterocycles. The largest absolute Gasteiger partial charge is 0.354 e. The first-order valence-electron chi connectivity index (χ1n) is 7.10. The van der Waals surface area contributed by atoms with Crippen molar-refractivity contribution in [2.24, 2.45) is 7.05 Å². The molecule has 0 saturated heterocycles. The minimum atomic E-state index is -0.125. The van der Waals surface area contributed by atoms with Gasteiger partial charge in [-0.15, -0.1) is 11.3 Å². The number of carbonyl (C=O) groups is 1. The summed E-state index contributed by atoms with van der Waals surface area (Å²) in [6.07, 6.45) is 5.72. The summed E-state index contributed by atoms with van der Waals surface area (Å²) in [7, 11) is 2.04. The second kappa shape index (κ2) is 7.26.